The van der Waals surface area contributed by atoms with Crippen molar-refractivity contribution in [2.75, 3.05) is 20.3 Å². The first kappa shape index (κ1) is 16.4. The van der Waals surface area contributed by atoms with Gasteiger partial charge in [-0.15, -0.1) is 0 Å². The average Bonchev–Trinajstić information content (AvgIpc) is 2.30. The van der Waals surface area contributed by atoms with Gasteiger partial charge in [-0.1, -0.05) is 26.8 Å². The molecule has 0 aliphatic rings. The van der Waals surface area contributed by atoms with Gasteiger partial charge in [-0.05, 0) is 12.8 Å². The van der Waals surface area contributed by atoms with Crippen LogP contribution in [0.3, 0.4) is 0 Å². The minimum Gasteiger partial charge on any atom is -0.461 e. The first-order valence-corrected chi connectivity index (χ1v) is 5.42. The molecule has 0 amide bonds. The van der Waals surface area contributed by atoms with Gasteiger partial charge in [0.15, 0.2) is 0 Å². The number of carbonyl (C=O) groups excluding carboxylic acids is 1. The number of rotatable bonds is 6. The molecule has 0 aliphatic carbocycles. The Balaban J connectivity index is 0. The van der Waals surface area contributed by atoms with Crippen molar-refractivity contribution in [3.05, 3.63) is 11.8 Å². The first-order chi connectivity index (χ1) is 7.26. The highest BCUT2D eigenvalue weighted by molar-refractivity contribution is 5.87. The number of aliphatic hydroxyl groups excluding tert-OH is 1. The maximum absolute atomic E-state index is 11.2. The van der Waals surface area contributed by atoms with Crippen LogP contribution in [-0.4, -0.2) is 31.3 Å². The highest BCUT2D eigenvalue weighted by atomic mass is 16.5. The maximum atomic E-state index is 11.2. The molecular weight excluding hydrogens is 194 g/mol. The summed E-state index contributed by atoms with van der Waals surface area (Å²) in [6.07, 6.45) is 2.89. The molecule has 0 atom stereocenters. The number of esters is 1. The Morgan fingerprint density at radius 3 is 2.47 bits per heavy atom. The van der Waals surface area contributed by atoms with Crippen LogP contribution in [0.4, 0.5) is 0 Å². The number of aliphatic hydroxyl groups is 1. The standard InChI is InChI=1S/C9H17NO3.C2H6/c1-3-7-13-9(12)8(10-2)5-4-6-11;1-2/h5,10-11H,3-4,6-7H2,1-2H3;1-2H3/b8-5-;. The van der Waals surface area contributed by atoms with Gasteiger partial charge in [0.1, 0.15) is 5.70 Å². The van der Waals surface area contributed by atoms with Crippen molar-refractivity contribution in [3.8, 4) is 0 Å². The lowest BCUT2D eigenvalue weighted by molar-refractivity contribution is -0.139. The molecule has 4 nitrogen and oxygen atoms in total. The summed E-state index contributed by atoms with van der Waals surface area (Å²) in [5.41, 5.74) is 0.405. The van der Waals surface area contributed by atoms with Crippen LogP contribution in [0.5, 0.6) is 0 Å². The summed E-state index contributed by atoms with van der Waals surface area (Å²) in [5.74, 6) is -0.363. The molecule has 0 saturated carbocycles. The quantitative estimate of drug-likeness (QED) is 0.522. The van der Waals surface area contributed by atoms with Crippen LogP contribution in [0.1, 0.15) is 33.6 Å². The molecule has 90 valence electrons. The minimum absolute atomic E-state index is 0.0340. The molecule has 0 aromatic rings. The first-order valence-electron chi connectivity index (χ1n) is 5.42. The van der Waals surface area contributed by atoms with Crippen LogP contribution in [0.25, 0.3) is 0 Å². The van der Waals surface area contributed by atoms with Crippen molar-refractivity contribution in [1.82, 2.24) is 5.32 Å². The summed E-state index contributed by atoms with van der Waals surface area (Å²) in [7, 11) is 1.65. The number of likely N-dealkylation sites (N-methyl/N-ethyl adjacent to an activating group) is 1. The summed E-state index contributed by atoms with van der Waals surface area (Å²) >= 11 is 0. The number of nitrogens with one attached hydrogen (secondary N) is 1. The Kier molecular flexibility index (Phi) is 14.2. The Bertz CT molecular complexity index is 179. The summed E-state index contributed by atoms with van der Waals surface area (Å²) in [5, 5.41) is 11.3. The molecule has 0 aromatic heterocycles. The fourth-order valence-electron chi connectivity index (χ4n) is 0.769. The van der Waals surface area contributed by atoms with Gasteiger partial charge in [0.05, 0.1) is 6.61 Å². The van der Waals surface area contributed by atoms with Gasteiger partial charge in [0.25, 0.3) is 0 Å². The minimum atomic E-state index is -0.363. The van der Waals surface area contributed by atoms with E-state index in [9.17, 15) is 4.79 Å². The zero-order valence-electron chi connectivity index (χ0n) is 10.2. The lowest BCUT2D eigenvalue weighted by atomic mass is 10.3. The van der Waals surface area contributed by atoms with Crippen molar-refractivity contribution in [3.63, 3.8) is 0 Å². The zero-order valence-corrected chi connectivity index (χ0v) is 10.2. The number of hydrogen-bond donors (Lipinski definition) is 2. The molecule has 15 heavy (non-hydrogen) atoms. The van der Waals surface area contributed by atoms with E-state index in [0.29, 0.717) is 18.7 Å². The Morgan fingerprint density at radius 2 is 2.07 bits per heavy atom. The summed E-state index contributed by atoms with van der Waals surface area (Å²) in [6.45, 7) is 6.40. The zero-order chi connectivity index (χ0) is 12.1. The maximum Gasteiger partial charge on any atom is 0.354 e. The molecule has 4 heteroatoms. The van der Waals surface area contributed by atoms with Gasteiger partial charge in [-0.3, -0.25) is 0 Å². The molecule has 0 radical (unpaired) electrons. The average molecular weight is 217 g/mol. The van der Waals surface area contributed by atoms with E-state index in [1.54, 1.807) is 13.1 Å². The van der Waals surface area contributed by atoms with Gasteiger partial charge < -0.3 is 15.2 Å². The summed E-state index contributed by atoms with van der Waals surface area (Å²) in [4.78, 5) is 11.2. The van der Waals surface area contributed by atoms with E-state index in [4.69, 9.17) is 9.84 Å². The van der Waals surface area contributed by atoms with Crippen LogP contribution in [0.2, 0.25) is 0 Å². The summed E-state index contributed by atoms with van der Waals surface area (Å²) < 4.78 is 4.89. The molecule has 0 bridgehead atoms. The van der Waals surface area contributed by atoms with Crippen molar-refractivity contribution in [2.24, 2.45) is 0 Å². The number of ether oxygens (including phenoxy) is 1. The predicted octanol–water partition coefficient (Wildman–Crippen LogP) is 1.45. The highest BCUT2D eigenvalue weighted by Gasteiger charge is 2.07. The van der Waals surface area contributed by atoms with Crippen molar-refractivity contribution < 1.29 is 14.6 Å². The lowest BCUT2D eigenvalue weighted by Gasteiger charge is -2.06. The Morgan fingerprint density at radius 1 is 1.47 bits per heavy atom. The molecule has 0 rings (SSSR count). The van der Waals surface area contributed by atoms with Crippen molar-refractivity contribution in [1.29, 1.82) is 0 Å². The smallest absolute Gasteiger partial charge is 0.354 e. The molecule has 0 fully saturated rings. The molecule has 0 aliphatic heterocycles. The van der Waals surface area contributed by atoms with E-state index in [-0.39, 0.29) is 12.6 Å². The van der Waals surface area contributed by atoms with Crippen LogP contribution in [0, 0.1) is 0 Å². The van der Waals surface area contributed by atoms with Gasteiger partial charge in [-0.25, -0.2) is 4.79 Å². The fourth-order valence-corrected chi connectivity index (χ4v) is 0.769. The largest absolute Gasteiger partial charge is 0.461 e. The second-order valence-corrected chi connectivity index (χ2v) is 2.52. The summed E-state index contributed by atoms with van der Waals surface area (Å²) in [6, 6.07) is 0. The second kappa shape index (κ2) is 13.0. The van der Waals surface area contributed by atoms with E-state index < -0.39 is 0 Å². The number of carbonyl (C=O) groups is 1. The molecule has 0 heterocycles. The molecule has 2 N–H and O–H groups in total. The van der Waals surface area contributed by atoms with Crippen LogP contribution in [0.15, 0.2) is 11.8 Å². The molecule has 0 aromatic carbocycles. The molecular formula is C11H23NO3. The van der Waals surface area contributed by atoms with Crippen LogP contribution < -0.4 is 5.32 Å². The molecule has 0 saturated heterocycles. The molecule has 0 spiro atoms. The van der Waals surface area contributed by atoms with Crippen molar-refractivity contribution in [2.45, 2.75) is 33.6 Å². The van der Waals surface area contributed by atoms with Gasteiger partial charge in [0.2, 0.25) is 0 Å². The lowest BCUT2D eigenvalue weighted by Crippen LogP contribution is -2.19. The third-order valence-electron chi connectivity index (χ3n) is 1.40. The normalized spacial score (nSPS) is 10.1. The van der Waals surface area contributed by atoms with Crippen LogP contribution in [-0.2, 0) is 9.53 Å². The fraction of sp³-hybridized carbons (Fsp3) is 0.727. The van der Waals surface area contributed by atoms with E-state index in [1.807, 2.05) is 20.8 Å². The topological polar surface area (TPSA) is 58.6 Å². The van der Waals surface area contributed by atoms with E-state index >= 15 is 0 Å². The van der Waals surface area contributed by atoms with Gasteiger partial charge in [-0.2, -0.15) is 0 Å². The highest BCUT2D eigenvalue weighted by Crippen LogP contribution is 1.96. The third-order valence-corrected chi connectivity index (χ3v) is 1.40. The Hall–Kier alpha value is -1.03. The Labute approximate surface area is 92.3 Å². The SMILES string of the molecule is CC.CCCOC(=O)/C(=C/CCO)NC. The number of hydrogen-bond acceptors (Lipinski definition) is 4. The van der Waals surface area contributed by atoms with Crippen molar-refractivity contribution >= 4 is 5.97 Å². The van der Waals surface area contributed by atoms with E-state index in [0.717, 1.165) is 6.42 Å². The second-order valence-electron chi connectivity index (χ2n) is 2.52. The third kappa shape index (κ3) is 9.28. The predicted molar refractivity (Wildman–Crippen MR) is 61.4 cm³/mol. The molecule has 0 unspecified atom stereocenters. The van der Waals surface area contributed by atoms with Gasteiger partial charge >= 0.3 is 5.97 Å². The van der Waals surface area contributed by atoms with Crippen LogP contribution >= 0.6 is 0 Å². The monoisotopic (exact) mass is 217 g/mol. The van der Waals surface area contributed by atoms with E-state index in [1.165, 1.54) is 0 Å². The van der Waals surface area contributed by atoms with Gasteiger partial charge in [0, 0.05) is 13.7 Å². The van der Waals surface area contributed by atoms with E-state index in [2.05, 4.69) is 5.32 Å².